The van der Waals surface area contributed by atoms with Crippen LogP contribution < -0.4 is 0 Å². The predicted molar refractivity (Wildman–Crippen MR) is 69.9 cm³/mol. The second-order valence-corrected chi connectivity index (χ2v) is 4.57. The molecule has 0 aliphatic carbocycles. The minimum Gasteiger partial charge on any atom is -0.466 e. The molecular weight excluding hydrogens is 216 g/mol. The first-order valence-electron chi connectivity index (χ1n) is 7.04. The van der Waals surface area contributed by atoms with Crippen LogP contribution >= 0.6 is 0 Å². The molecule has 1 N–H and O–H groups in total. The molecule has 0 aromatic rings. The van der Waals surface area contributed by atoms with E-state index in [9.17, 15) is 9.90 Å². The summed E-state index contributed by atoms with van der Waals surface area (Å²) < 4.78 is 4.79. The van der Waals surface area contributed by atoms with Crippen molar-refractivity contribution in [2.45, 2.75) is 77.7 Å². The fourth-order valence-corrected chi connectivity index (χ4v) is 1.85. The fourth-order valence-electron chi connectivity index (χ4n) is 1.85. The molecule has 3 heteroatoms. The van der Waals surface area contributed by atoms with Gasteiger partial charge in [0, 0.05) is 0 Å². The molecule has 0 aliphatic rings. The van der Waals surface area contributed by atoms with Crippen LogP contribution in [0.2, 0.25) is 0 Å². The highest BCUT2D eigenvalue weighted by Crippen LogP contribution is 2.11. The lowest BCUT2D eigenvalue weighted by Gasteiger charge is -2.09. The molecule has 0 saturated carbocycles. The van der Waals surface area contributed by atoms with E-state index in [-0.39, 0.29) is 12.4 Å². The molecule has 0 heterocycles. The van der Waals surface area contributed by atoms with E-state index >= 15 is 0 Å². The number of aliphatic hydroxyl groups is 1. The lowest BCUT2D eigenvalue weighted by Crippen LogP contribution is -2.15. The van der Waals surface area contributed by atoms with Crippen molar-refractivity contribution in [1.82, 2.24) is 0 Å². The Balaban J connectivity index is 3.27. The van der Waals surface area contributed by atoms with Crippen LogP contribution in [0.5, 0.6) is 0 Å². The summed E-state index contributed by atoms with van der Waals surface area (Å²) in [6.07, 6.45) is 8.95. The fraction of sp³-hybridized carbons (Fsp3) is 0.929. The molecule has 3 nitrogen and oxygen atoms in total. The van der Waals surface area contributed by atoms with Crippen LogP contribution in [0.3, 0.4) is 0 Å². The SMILES string of the molecule is CCCCCCCCCC(O)CC(=O)OCC. The Labute approximate surface area is 106 Å². The van der Waals surface area contributed by atoms with Crippen LogP contribution in [0.25, 0.3) is 0 Å². The first kappa shape index (κ1) is 16.4. The Hall–Kier alpha value is -0.570. The number of rotatable bonds is 11. The van der Waals surface area contributed by atoms with Gasteiger partial charge in [-0.2, -0.15) is 0 Å². The lowest BCUT2D eigenvalue weighted by atomic mass is 10.1. The van der Waals surface area contributed by atoms with Gasteiger partial charge in [-0.15, -0.1) is 0 Å². The van der Waals surface area contributed by atoms with Gasteiger partial charge < -0.3 is 9.84 Å². The molecule has 1 unspecified atom stereocenters. The molecular formula is C14H28O3. The second-order valence-electron chi connectivity index (χ2n) is 4.57. The number of esters is 1. The van der Waals surface area contributed by atoms with Crippen LogP contribution in [0.1, 0.15) is 71.6 Å². The van der Waals surface area contributed by atoms with E-state index in [2.05, 4.69) is 6.92 Å². The maximum atomic E-state index is 11.1. The number of hydrogen-bond donors (Lipinski definition) is 1. The van der Waals surface area contributed by atoms with Gasteiger partial charge in [-0.3, -0.25) is 4.79 Å². The van der Waals surface area contributed by atoms with Crippen molar-refractivity contribution in [2.24, 2.45) is 0 Å². The van der Waals surface area contributed by atoms with Gasteiger partial charge in [-0.1, -0.05) is 51.9 Å². The molecule has 0 radical (unpaired) electrons. The van der Waals surface area contributed by atoms with E-state index < -0.39 is 6.10 Å². The predicted octanol–water partition coefficient (Wildman–Crippen LogP) is 3.44. The molecule has 1 atom stereocenters. The number of ether oxygens (including phenoxy) is 1. The minimum absolute atomic E-state index is 0.143. The standard InChI is InChI=1S/C14H28O3/c1-3-5-6-7-8-9-10-11-13(15)12-14(16)17-4-2/h13,15H,3-12H2,1-2H3. The third-order valence-corrected chi connectivity index (χ3v) is 2.85. The molecule has 0 saturated heterocycles. The van der Waals surface area contributed by atoms with E-state index in [1.54, 1.807) is 6.92 Å². The molecule has 17 heavy (non-hydrogen) atoms. The van der Waals surface area contributed by atoms with E-state index in [1.165, 1.54) is 32.1 Å². The first-order valence-corrected chi connectivity index (χ1v) is 7.04. The van der Waals surface area contributed by atoms with Crippen LogP contribution in [0.15, 0.2) is 0 Å². The zero-order valence-electron chi connectivity index (χ0n) is 11.4. The Morgan fingerprint density at radius 3 is 2.24 bits per heavy atom. The smallest absolute Gasteiger partial charge is 0.308 e. The number of aliphatic hydroxyl groups excluding tert-OH is 1. The van der Waals surface area contributed by atoms with Crippen molar-refractivity contribution in [3.8, 4) is 0 Å². The topological polar surface area (TPSA) is 46.5 Å². The number of unbranched alkanes of at least 4 members (excludes halogenated alkanes) is 6. The number of carbonyl (C=O) groups excluding carboxylic acids is 1. The number of carbonyl (C=O) groups is 1. The maximum absolute atomic E-state index is 11.1. The molecule has 102 valence electrons. The highest BCUT2D eigenvalue weighted by atomic mass is 16.5. The largest absolute Gasteiger partial charge is 0.466 e. The molecule has 0 bridgehead atoms. The maximum Gasteiger partial charge on any atom is 0.308 e. The van der Waals surface area contributed by atoms with Gasteiger partial charge in [0.2, 0.25) is 0 Å². The normalized spacial score (nSPS) is 12.4. The Bertz CT molecular complexity index is 180. The van der Waals surface area contributed by atoms with Crippen molar-refractivity contribution in [3.05, 3.63) is 0 Å². The third-order valence-electron chi connectivity index (χ3n) is 2.85. The van der Waals surface area contributed by atoms with Crippen molar-refractivity contribution in [3.63, 3.8) is 0 Å². The Morgan fingerprint density at radius 1 is 1.06 bits per heavy atom. The molecule has 0 amide bonds. The summed E-state index contributed by atoms with van der Waals surface area (Å²) in [5.74, 6) is -0.289. The van der Waals surface area contributed by atoms with E-state index in [4.69, 9.17) is 4.74 Å². The monoisotopic (exact) mass is 244 g/mol. The molecule has 0 spiro atoms. The highest BCUT2D eigenvalue weighted by Gasteiger charge is 2.10. The average molecular weight is 244 g/mol. The molecule has 0 aliphatic heterocycles. The van der Waals surface area contributed by atoms with E-state index in [0.29, 0.717) is 13.0 Å². The highest BCUT2D eigenvalue weighted by molar-refractivity contribution is 5.69. The van der Waals surface area contributed by atoms with Crippen LogP contribution in [-0.4, -0.2) is 23.8 Å². The second kappa shape index (κ2) is 11.9. The summed E-state index contributed by atoms with van der Waals surface area (Å²) in [7, 11) is 0. The molecule has 0 rings (SSSR count). The average Bonchev–Trinajstić information content (AvgIpc) is 2.28. The van der Waals surface area contributed by atoms with Gasteiger partial charge in [0.25, 0.3) is 0 Å². The lowest BCUT2D eigenvalue weighted by molar-refractivity contribution is -0.145. The van der Waals surface area contributed by atoms with E-state index in [1.807, 2.05) is 0 Å². The summed E-state index contributed by atoms with van der Waals surface area (Å²) >= 11 is 0. The molecule has 0 fully saturated rings. The zero-order valence-corrected chi connectivity index (χ0v) is 11.4. The Kier molecular flexibility index (Phi) is 11.5. The van der Waals surface area contributed by atoms with Crippen LogP contribution in [0, 0.1) is 0 Å². The van der Waals surface area contributed by atoms with Gasteiger partial charge in [0.05, 0.1) is 19.1 Å². The molecule has 0 aromatic heterocycles. The summed E-state index contributed by atoms with van der Waals surface area (Å²) in [4.78, 5) is 11.1. The molecule has 0 aromatic carbocycles. The van der Waals surface area contributed by atoms with Crippen molar-refractivity contribution in [2.75, 3.05) is 6.61 Å². The summed E-state index contributed by atoms with van der Waals surface area (Å²) in [5, 5.41) is 9.59. The summed E-state index contributed by atoms with van der Waals surface area (Å²) in [5.41, 5.74) is 0. The zero-order chi connectivity index (χ0) is 12.9. The van der Waals surface area contributed by atoms with Gasteiger partial charge in [-0.05, 0) is 13.3 Å². The van der Waals surface area contributed by atoms with Gasteiger partial charge in [0.15, 0.2) is 0 Å². The van der Waals surface area contributed by atoms with Gasteiger partial charge in [0.1, 0.15) is 0 Å². The third kappa shape index (κ3) is 11.7. The summed E-state index contributed by atoms with van der Waals surface area (Å²) in [6.45, 7) is 4.38. The Morgan fingerprint density at radius 2 is 1.65 bits per heavy atom. The number of hydrogen-bond acceptors (Lipinski definition) is 3. The quantitative estimate of drug-likeness (QED) is 0.447. The van der Waals surface area contributed by atoms with E-state index in [0.717, 1.165) is 12.8 Å². The van der Waals surface area contributed by atoms with Crippen molar-refractivity contribution < 1.29 is 14.6 Å². The van der Waals surface area contributed by atoms with Crippen molar-refractivity contribution in [1.29, 1.82) is 0 Å². The summed E-state index contributed by atoms with van der Waals surface area (Å²) in [6, 6.07) is 0. The van der Waals surface area contributed by atoms with Crippen LogP contribution in [0.4, 0.5) is 0 Å². The van der Waals surface area contributed by atoms with Crippen LogP contribution in [-0.2, 0) is 9.53 Å². The van der Waals surface area contributed by atoms with Gasteiger partial charge in [-0.25, -0.2) is 0 Å². The first-order chi connectivity index (χ1) is 8.20. The minimum atomic E-state index is -0.523. The van der Waals surface area contributed by atoms with Gasteiger partial charge >= 0.3 is 5.97 Å². The van der Waals surface area contributed by atoms with Crippen molar-refractivity contribution >= 4 is 5.97 Å².